The highest BCUT2D eigenvalue weighted by atomic mass is 16.6. The molecule has 2 aliphatic rings. The molecular weight excluding hydrogens is 977 g/mol. The van der Waals surface area contributed by atoms with E-state index in [0.29, 0.717) is 34.5 Å². The maximum Gasteiger partial charge on any atom is 0.165 e. The van der Waals surface area contributed by atoms with Crippen LogP contribution in [0, 0.1) is 0 Å². The summed E-state index contributed by atoms with van der Waals surface area (Å²) in [4.78, 5) is 0. The molecule has 6 N–H and O–H groups in total. The van der Waals surface area contributed by atoms with Crippen LogP contribution in [0.5, 0.6) is 69.0 Å². The van der Waals surface area contributed by atoms with E-state index in [1.54, 1.807) is 38.5 Å². The molecule has 0 spiro atoms. The first-order chi connectivity index (χ1) is 36.7. The van der Waals surface area contributed by atoms with Gasteiger partial charge in [-0.25, -0.2) is 0 Å². The summed E-state index contributed by atoms with van der Waals surface area (Å²) in [6, 6.07) is 24.1. The van der Waals surface area contributed by atoms with E-state index in [-0.39, 0.29) is 57.1 Å². The van der Waals surface area contributed by atoms with Gasteiger partial charge in [-0.15, -0.1) is 0 Å². The molecule has 16 heteroatoms. The fraction of sp³-hybridized carbons (Fsp3) is 0.333. The molecule has 16 nitrogen and oxygen atoms in total. The highest BCUT2D eigenvalue weighted by Crippen LogP contribution is 2.54. The number of hydrogen-bond acceptors (Lipinski definition) is 16. The van der Waals surface area contributed by atoms with Crippen molar-refractivity contribution in [3.63, 3.8) is 0 Å². The van der Waals surface area contributed by atoms with E-state index >= 15 is 0 Å². The molecule has 6 aromatic carbocycles. The van der Waals surface area contributed by atoms with E-state index in [2.05, 4.69) is 26.0 Å². The van der Waals surface area contributed by atoms with Gasteiger partial charge in [0.25, 0.3) is 0 Å². The number of hydrogen-bond donors (Lipinski definition) is 6. The van der Waals surface area contributed by atoms with Crippen molar-refractivity contribution in [1.82, 2.24) is 0 Å². The smallest absolute Gasteiger partial charge is 0.165 e. The van der Waals surface area contributed by atoms with Crippen molar-refractivity contribution >= 4 is 12.2 Å². The molecule has 0 saturated carbocycles. The van der Waals surface area contributed by atoms with Gasteiger partial charge in [0.1, 0.15) is 24.4 Å². The number of rotatable bonds is 21. The summed E-state index contributed by atoms with van der Waals surface area (Å²) in [5.74, 6) is 2.47. The molecule has 0 amide bonds. The zero-order chi connectivity index (χ0) is 54.5. The number of phenolic OH excluding ortho intramolecular Hbond substituents is 2. The number of fused-ring (bicyclic) bond motifs is 2. The molecule has 0 radical (unpaired) electrons. The lowest BCUT2D eigenvalue weighted by Gasteiger charge is -2.26. The third-order valence-electron chi connectivity index (χ3n) is 14.0. The number of aromatic hydroxyl groups is 2. The van der Waals surface area contributed by atoms with Gasteiger partial charge in [-0.3, -0.25) is 0 Å². The van der Waals surface area contributed by atoms with Crippen molar-refractivity contribution in [3.05, 3.63) is 142 Å². The Balaban J connectivity index is 1.04. The molecule has 0 aromatic heterocycles. The van der Waals surface area contributed by atoms with Crippen LogP contribution in [0.15, 0.2) is 97.1 Å². The van der Waals surface area contributed by atoms with Gasteiger partial charge < -0.3 is 78.0 Å². The van der Waals surface area contributed by atoms with Gasteiger partial charge in [-0.2, -0.15) is 0 Å². The average molecular weight is 1040 g/mol. The van der Waals surface area contributed by atoms with Gasteiger partial charge >= 0.3 is 0 Å². The Morgan fingerprint density at radius 3 is 1.17 bits per heavy atom. The minimum atomic E-state index is -1.56. The Kier molecular flexibility index (Phi) is 16.8. The van der Waals surface area contributed by atoms with Crippen LogP contribution >= 0.6 is 0 Å². The number of ether oxygens (including phenoxy) is 10. The maximum absolute atomic E-state index is 11.9. The summed E-state index contributed by atoms with van der Waals surface area (Å²) in [6.07, 6.45) is 1.43. The molecule has 8 atom stereocenters. The standard InChI is InChI=1S/C60H66O16/c1-11-13-33-19-39-31(3)57(75-59(39)49(21-33)71-9)35-15-17-43(45(25-35)67-5)73-51(29-61)53(63)37-23-41(55(65)47(27-37)69-7)42-24-38(28-48(70-8)56(42)66)54(64)52(30-62)74-44-18-16-36(26-46(44)68-6)58-32(4)40-20-34(14-12-2)22-50(72-10)60(40)76-58/h11-28,31-32,51-54,57-58,61-66H,29-30H2,1-10H3/b13-11+,14-12+. The van der Waals surface area contributed by atoms with Crippen molar-refractivity contribution in [1.29, 1.82) is 0 Å². The first kappa shape index (κ1) is 54.5. The SMILES string of the molecule is C/C=C/c1cc(OC)c2c(c1)C(C)C(c1ccc(OC(CO)C(O)c3cc(OC)c(O)c(-c4cc(C(O)C(CO)Oc5ccc(C6Oc7c(OC)cc(/C=C/C)cc7C6C)cc5OC)cc(OC)c4O)c3)c(OC)c1)O2. The molecule has 8 rings (SSSR count). The van der Waals surface area contributed by atoms with Crippen LogP contribution in [0.25, 0.3) is 23.3 Å². The third-order valence-corrected chi connectivity index (χ3v) is 14.0. The van der Waals surface area contributed by atoms with E-state index in [9.17, 15) is 30.6 Å². The van der Waals surface area contributed by atoms with Crippen LogP contribution in [0.3, 0.4) is 0 Å². The molecule has 76 heavy (non-hydrogen) atoms. The molecule has 6 aromatic rings. The first-order valence-electron chi connectivity index (χ1n) is 24.8. The van der Waals surface area contributed by atoms with Crippen LogP contribution in [0.4, 0.5) is 0 Å². The monoisotopic (exact) mass is 1040 g/mol. The molecule has 0 fully saturated rings. The van der Waals surface area contributed by atoms with E-state index in [4.69, 9.17) is 47.4 Å². The Hall–Kier alpha value is -7.76. The van der Waals surface area contributed by atoms with Gasteiger partial charge in [0.2, 0.25) is 0 Å². The highest BCUT2D eigenvalue weighted by Gasteiger charge is 2.38. The second kappa shape index (κ2) is 23.4. The molecule has 2 aliphatic heterocycles. The highest BCUT2D eigenvalue weighted by molar-refractivity contribution is 5.81. The van der Waals surface area contributed by atoms with Gasteiger partial charge in [0.15, 0.2) is 81.2 Å². The zero-order valence-electron chi connectivity index (χ0n) is 44.2. The second-order valence-electron chi connectivity index (χ2n) is 18.6. The average Bonchev–Trinajstić information content (AvgIpc) is 3.98. The lowest BCUT2D eigenvalue weighted by molar-refractivity contribution is -0.000674. The van der Waals surface area contributed by atoms with Crippen molar-refractivity contribution in [3.8, 4) is 80.1 Å². The van der Waals surface area contributed by atoms with Gasteiger partial charge in [0, 0.05) is 34.1 Å². The summed E-state index contributed by atoms with van der Waals surface area (Å²) in [6.45, 7) is 6.72. The largest absolute Gasteiger partial charge is 0.504 e. The van der Waals surface area contributed by atoms with Gasteiger partial charge in [-0.05, 0) is 120 Å². The molecule has 8 unspecified atom stereocenters. The minimum Gasteiger partial charge on any atom is -0.504 e. The Labute approximate surface area is 442 Å². The van der Waals surface area contributed by atoms with Crippen molar-refractivity contribution in [2.24, 2.45) is 0 Å². The summed E-state index contributed by atoms with van der Waals surface area (Å²) in [7, 11) is 8.80. The number of aliphatic hydroxyl groups excluding tert-OH is 4. The Morgan fingerprint density at radius 1 is 0.474 bits per heavy atom. The molecule has 0 saturated heterocycles. The number of aliphatic hydroxyl groups is 4. The van der Waals surface area contributed by atoms with Crippen LogP contribution < -0.4 is 47.4 Å². The van der Waals surface area contributed by atoms with E-state index in [1.165, 1.54) is 52.7 Å². The van der Waals surface area contributed by atoms with Crippen LogP contribution in [0.2, 0.25) is 0 Å². The molecule has 0 aliphatic carbocycles. The molecule has 2 heterocycles. The normalized spacial score (nSPS) is 18.2. The van der Waals surface area contributed by atoms with Crippen LogP contribution in [-0.2, 0) is 0 Å². The topological polar surface area (TPSA) is 214 Å². The van der Waals surface area contributed by atoms with Crippen molar-refractivity contribution < 1.29 is 78.0 Å². The number of methoxy groups -OCH3 is 6. The van der Waals surface area contributed by atoms with E-state index in [1.807, 2.05) is 62.4 Å². The third kappa shape index (κ3) is 10.5. The van der Waals surface area contributed by atoms with Gasteiger partial charge in [-0.1, -0.05) is 50.3 Å². The fourth-order valence-electron chi connectivity index (χ4n) is 10.00. The zero-order valence-corrected chi connectivity index (χ0v) is 44.2. The van der Waals surface area contributed by atoms with E-state index < -0.39 is 61.3 Å². The lowest BCUT2D eigenvalue weighted by atomic mass is 9.91. The number of allylic oxidation sites excluding steroid dienone is 2. The van der Waals surface area contributed by atoms with Crippen molar-refractivity contribution in [2.75, 3.05) is 55.9 Å². The fourth-order valence-corrected chi connectivity index (χ4v) is 10.00. The maximum atomic E-state index is 11.9. The van der Waals surface area contributed by atoms with E-state index in [0.717, 1.165) is 33.4 Å². The molecule has 402 valence electrons. The molecule has 0 bridgehead atoms. The summed E-state index contributed by atoms with van der Waals surface area (Å²) in [5.41, 5.74) is 5.71. The summed E-state index contributed by atoms with van der Waals surface area (Å²) >= 11 is 0. The number of phenols is 2. The van der Waals surface area contributed by atoms with Crippen LogP contribution in [0.1, 0.15) is 108 Å². The first-order valence-corrected chi connectivity index (χ1v) is 24.8. The van der Waals surface area contributed by atoms with Crippen LogP contribution in [-0.4, -0.2) is 98.7 Å². The minimum absolute atomic E-state index is 0.0436. The summed E-state index contributed by atoms with van der Waals surface area (Å²) in [5, 5.41) is 68.6. The molecular formula is C60H66O16. The number of benzene rings is 6. The van der Waals surface area contributed by atoms with Crippen molar-refractivity contribution in [2.45, 2.75) is 76.2 Å². The Bertz CT molecular complexity index is 2900. The van der Waals surface area contributed by atoms with Gasteiger partial charge in [0.05, 0.1) is 55.9 Å². The second-order valence-corrected chi connectivity index (χ2v) is 18.6. The predicted octanol–water partition coefficient (Wildman–Crippen LogP) is 10.3. The quantitative estimate of drug-likeness (QED) is 0.0396. The lowest BCUT2D eigenvalue weighted by Crippen LogP contribution is -2.29. The summed E-state index contributed by atoms with van der Waals surface area (Å²) < 4.78 is 59.5. The predicted molar refractivity (Wildman–Crippen MR) is 286 cm³/mol. The Morgan fingerprint density at radius 2 is 0.842 bits per heavy atom.